The fourth-order valence-corrected chi connectivity index (χ4v) is 5.06. The Balaban J connectivity index is 1.36. The molecule has 0 aliphatic heterocycles. The van der Waals surface area contributed by atoms with E-state index in [1.54, 1.807) is 12.1 Å². The third kappa shape index (κ3) is 4.87. The van der Waals surface area contributed by atoms with E-state index in [9.17, 15) is 14.7 Å². The lowest BCUT2D eigenvalue weighted by molar-refractivity contribution is 0.0928. The normalized spacial score (nSPS) is 17.3. The maximum absolute atomic E-state index is 13.2. The van der Waals surface area contributed by atoms with Crippen molar-refractivity contribution in [3.05, 3.63) is 52.8 Å². The number of hydrogen-bond acceptors (Lipinski definition) is 9. The average Bonchev–Trinajstić information content (AvgIpc) is 3.53. The van der Waals surface area contributed by atoms with E-state index in [-0.39, 0.29) is 28.9 Å². The molecule has 11 nitrogen and oxygen atoms in total. The van der Waals surface area contributed by atoms with Crippen molar-refractivity contribution >= 4 is 44.8 Å². The van der Waals surface area contributed by atoms with Crippen LogP contribution in [0.5, 0.6) is 5.75 Å². The summed E-state index contributed by atoms with van der Waals surface area (Å²) in [6, 6.07) is 3.33. The predicted octanol–water partition coefficient (Wildman–Crippen LogP) is 3.11. The summed E-state index contributed by atoms with van der Waals surface area (Å²) in [5.41, 5.74) is 2.42. The number of aliphatic hydroxyl groups is 1. The summed E-state index contributed by atoms with van der Waals surface area (Å²) in [6.07, 6.45) is 6.04. The lowest BCUT2D eigenvalue weighted by atomic mass is 10.0. The Morgan fingerprint density at radius 3 is 2.75 bits per heavy atom. The molecule has 4 aromatic rings. The summed E-state index contributed by atoms with van der Waals surface area (Å²) >= 11 is 7.24. The van der Waals surface area contributed by atoms with E-state index in [0.29, 0.717) is 51.1 Å². The number of aromatic nitrogens is 5. The fourth-order valence-electron chi connectivity index (χ4n) is 4.13. The highest BCUT2D eigenvalue weighted by atomic mass is 35.5. The highest BCUT2D eigenvalue weighted by molar-refractivity contribution is 7.20. The number of pyridine rings is 2. The zero-order valence-corrected chi connectivity index (χ0v) is 20.9. The van der Waals surface area contributed by atoms with Crippen LogP contribution in [0, 0.1) is 6.92 Å². The Morgan fingerprint density at radius 2 is 2.03 bits per heavy atom. The molecular formula is C23H22ClN7O4S. The number of ether oxygens (including phenoxy) is 1. The van der Waals surface area contributed by atoms with Crippen LogP contribution < -0.4 is 15.4 Å². The van der Waals surface area contributed by atoms with Crippen molar-refractivity contribution in [2.45, 2.75) is 38.3 Å². The molecule has 4 aromatic heterocycles. The topological polar surface area (TPSA) is 144 Å². The number of carbonyl (C=O) groups excluding carboxylic acids is 2. The number of nitrogens with one attached hydrogen (secondary N) is 2. The number of nitrogens with zero attached hydrogens (tertiary/aromatic N) is 5. The van der Waals surface area contributed by atoms with Crippen LogP contribution in [0.3, 0.4) is 0 Å². The first-order chi connectivity index (χ1) is 17.3. The van der Waals surface area contributed by atoms with Gasteiger partial charge in [0.25, 0.3) is 11.8 Å². The zero-order valence-electron chi connectivity index (χ0n) is 19.4. The molecule has 186 valence electrons. The molecule has 36 heavy (non-hydrogen) atoms. The van der Waals surface area contributed by atoms with Crippen molar-refractivity contribution < 1.29 is 19.4 Å². The van der Waals surface area contributed by atoms with Gasteiger partial charge in [0.2, 0.25) is 10.1 Å². The summed E-state index contributed by atoms with van der Waals surface area (Å²) < 4.78 is 6.86. The zero-order chi connectivity index (χ0) is 25.4. The Hall–Kier alpha value is -3.61. The van der Waals surface area contributed by atoms with Crippen molar-refractivity contribution in [2.24, 2.45) is 0 Å². The minimum atomic E-state index is -0.428. The Bertz CT molecular complexity index is 1440. The lowest BCUT2D eigenvalue weighted by Crippen LogP contribution is -2.33. The minimum absolute atomic E-state index is 0.0683. The molecule has 1 saturated carbocycles. The quantitative estimate of drug-likeness (QED) is 0.324. The summed E-state index contributed by atoms with van der Waals surface area (Å²) in [4.78, 5) is 38.8. The average molecular weight is 528 g/mol. The standard InChI is InChI=1S/C23H22ClN7O4S/c1-11-5-14(15-7-19(24)26-9-18(15)35-2)16(8-25-11)20(33)29-22-30-31-10-17(28-23(31)36-22)21(34)27-12-3-4-13(32)6-12/h5,7-10,12-13,32H,3-4,6H2,1-2H3,(H,27,34)(H,29,30,33)/t12-,13-/m0/s1. The molecule has 0 bridgehead atoms. The lowest BCUT2D eigenvalue weighted by Gasteiger charge is -2.13. The number of fused-ring (bicyclic) bond motifs is 1. The Labute approximate surface area is 214 Å². The molecule has 0 saturated heterocycles. The summed E-state index contributed by atoms with van der Waals surface area (Å²) in [5.74, 6) is -0.287. The number of rotatable bonds is 6. The van der Waals surface area contributed by atoms with Crippen molar-refractivity contribution in [2.75, 3.05) is 12.4 Å². The summed E-state index contributed by atoms with van der Waals surface area (Å²) in [7, 11) is 1.51. The number of amides is 2. The number of methoxy groups -OCH3 is 1. The van der Waals surface area contributed by atoms with Gasteiger partial charge >= 0.3 is 0 Å². The molecular weight excluding hydrogens is 506 g/mol. The van der Waals surface area contributed by atoms with Crippen LogP contribution in [0.25, 0.3) is 16.1 Å². The van der Waals surface area contributed by atoms with Crippen LogP contribution in [0.15, 0.2) is 30.7 Å². The van der Waals surface area contributed by atoms with Crippen molar-refractivity contribution in [1.29, 1.82) is 0 Å². The van der Waals surface area contributed by atoms with Gasteiger partial charge in [-0.15, -0.1) is 5.10 Å². The van der Waals surface area contributed by atoms with Gasteiger partial charge in [-0.1, -0.05) is 22.9 Å². The highest BCUT2D eigenvalue weighted by Crippen LogP contribution is 2.34. The first-order valence-corrected chi connectivity index (χ1v) is 12.3. The first kappa shape index (κ1) is 24.1. The van der Waals surface area contributed by atoms with Gasteiger partial charge in [-0.2, -0.15) is 0 Å². The number of hydrogen-bond donors (Lipinski definition) is 3. The largest absolute Gasteiger partial charge is 0.494 e. The molecule has 5 rings (SSSR count). The second-order valence-electron chi connectivity index (χ2n) is 8.43. The molecule has 0 unspecified atom stereocenters. The van der Waals surface area contributed by atoms with Crippen LogP contribution >= 0.6 is 22.9 Å². The van der Waals surface area contributed by atoms with Crippen molar-refractivity contribution in [3.8, 4) is 16.9 Å². The molecule has 3 N–H and O–H groups in total. The van der Waals surface area contributed by atoms with Crippen LogP contribution in [0.4, 0.5) is 5.13 Å². The van der Waals surface area contributed by atoms with Gasteiger partial charge in [0.15, 0.2) is 0 Å². The number of anilines is 1. The third-order valence-electron chi connectivity index (χ3n) is 5.87. The van der Waals surface area contributed by atoms with Gasteiger partial charge in [-0.3, -0.25) is 19.9 Å². The smallest absolute Gasteiger partial charge is 0.271 e. The summed E-state index contributed by atoms with van der Waals surface area (Å²) in [5, 5.41) is 20.2. The van der Waals surface area contributed by atoms with Crippen LogP contribution in [0.1, 0.15) is 45.8 Å². The number of aliphatic hydroxyl groups excluding tert-OH is 1. The van der Waals surface area contributed by atoms with Gasteiger partial charge < -0.3 is 15.2 Å². The molecule has 1 fully saturated rings. The number of aryl methyl sites for hydroxylation is 1. The molecule has 0 radical (unpaired) electrons. The molecule has 2 amide bonds. The third-order valence-corrected chi connectivity index (χ3v) is 6.91. The number of imidazole rings is 1. The minimum Gasteiger partial charge on any atom is -0.494 e. The van der Waals surface area contributed by atoms with E-state index < -0.39 is 5.91 Å². The molecule has 13 heteroatoms. The van der Waals surface area contributed by atoms with E-state index in [0.717, 1.165) is 17.8 Å². The van der Waals surface area contributed by atoms with Crippen LogP contribution in [0.2, 0.25) is 5.15 Å². The SMILES string of the molecule is COc1cnc(Cl)cc1-c1cc(C)ncc1C(=O)Nc1nn2cc(C(=O)N[C@H]3CC[C@H](O)C3)nc2s1. The van der Waals surface area contributed by atoms with E-state index >= 15 is 0 Å². The van der Waals surface area contributed by atoms with E-state index in [2.05, 4.69) is 30.7 Å². The number of halogens is 1. The fraction of sp³-hybridized carbons (Fsp3) is 0.304. The predicted molar refractivity (Wildman–Crippen MR) is 134 cm³/mol. The van der Waals surface area contributed by atoms with Gasteiger partial charge in [0.1, 0.15) is 16.6 Å². The van der Waals surface area contributed by atoms with Crippen LogP contribution in [-0.2, 0) is 0 Å². The molecule has 1 aliphatic rings. The van der Waals surface area contributed by atoms with E-state index in [1.165, 1.54) is 30.2 Å². The van der Waals surface area contributed by atoms with Gasteiger partial charge in [-0.25, -0.2) is 14.5 Å². The molecule has 0 aromatic carbocycles. The summed E-state index contributed by atoms with van der Waals surface area (Å²) in [6.45, 7) is 1.82. The molecule has 0 spiro atoms. The second kappa shape index (κ2) is 9.80. The van der Waals surface area contributed by atoms with Crippen LogP contribution in [-0.4, -0.2) is 60.7 Å². The van der Waals surface area contributed by atoms with Crippen molar-refractivity contribution in [1.82, 2.24) is 29.9 Å². The molecule has 1 aliphatic carbocycles. The molecule has 2 atom stereocenters. The first-order valence-electron chi connectivity index (χ1n) is 11.1. The van der Waals surface area contributed by atoms with Crippen molar-refractivity contribution in [3.63, 3.8) is 0 Å². The van der Waals surface area contributed by atoms with Gasteiger partial charge in [0, 0.05) is 29.1 Å². The van der Waals surface area contributed by atoms with E-state index in [1.807, 2.05) is 6.92 Å². The second-order valence-corrected chi connectivity index (χ2v) is 9.77. The van der Waals surface area contributed by atoms with Gasteiger partial charge in [-0.05, 0) is 38.3 Å². The number of carbonyl (C=O) groups is 2. The van der Waals surface area contributed by atoms with Gasteiger partial charge in [0.05, 0.1) is 31.2 Å². The maximum atomic E-state index is 13.2. The monoisotopic (exact) mass is 527 g/mol. The van der Waals surface area contributed by atoms with E-state index in [4.69, 9.17) is 16.3 Å². The Kier molecular flexibility index (Phi) is 6.56. The molecule has 4 heterocycles. The Morgan fingerprint density at radius 1 is 1.19 bits per heavy atom. The maximum Gasteiger partial charge on any atom is 0.271 e. The highest BCUT2D eigenvalue weighted by Gasteiger charge is 2.26.